The summed E-state index contributed by atoms with van der Waals surface area (Å²) in [4.78, 5) is 44.0. The second kappa shape index (κ2) is 9.14. The standard InChI is InChI=1S/C25H18N6O5/c1-36-24(33)23(32)28-16-6-4-5-14(11-16)21-29-19-8-3-2-7-18(19)22(30-21)27-17-9-10-20-15(12-17)13-26-31(20)25(34)35/h2-13H,1H3,(H,28,32)(H,34,35)(H,27,29,30). The van der Waals surface area contributed by atoms with Gasteiger partial charge in [-0.1, -0.05) is 24.3 Å². The molecule has 0 aliphatic heterocycles. The van der Waals surface area contributed by atoms with Gasteiger partial charge in [0.05, 0.1) is 24.3 Å². The van der Waals surface area contributed by atoms with Crippen LogP contribution in [0, 0.1) is 0 Å². The van der Waals surface area contributed by atoms with Crippen molar-refractivity contribution in [2.75, 3.05) is 17.7 Å². The van der Waals surface area contributed by atoms with Gasteiger partial charge in [-0.15, -0.1) is 0 Å². The predicted octanol–water partition coefficient (Wildman–Crippen LogP) is 4.03. The van der Waals surface area contributed by atoms with Crippen molar-refractivity contribution in [2.24, 2.45) is 0 Å². The number of nitrogens with one attached hydrogen (secondary N) is 2. The molecule has 0 radical (unpaired) electrons. The summed E-state index contributed by atoms with van der Waals surface area (Å²) in [5.74, 6) is -0.965. The minimum Gasteiger partial charge on any atom is -0.463 e. The van der Waals surface area contributed by atoms with E-state index in [0.717, 1.165) is 17.2 Å². The van der Waals surface area contributed by atoms with Crippen LogP contribution in [0.3, 0.4) is 0 Å². The second-order valence-corrected chi connectivity index (χ2v) is 7.68. The number of carbonyl (C=O) groups excluding carboxylic acids is 2. The molecule has 0 fully saturated rings. The number of fused-ring (bicyclic) bond motifs is 2. The molecule has 3 N–H and O–H groups in total. The zero-order valence-corrected chi connectivity index (χ0v) is 18.8. The van der Waals surface area contributed by atoms with Gasteiger partial charge >= 0.3 is 18.0 Å². The van der Waals surface area contributed by atoms with E-state index >= 15 is 0 Å². The predicted molar refractivity (Wildman–Crippen MR) is 132 cm³/mol. The van der Waals surface area contributed by atoms with Crippen molar-refractivity contribution >= 4 is 57.0 Å². The van der Waals surface area contributed by atoms with E-state index in [2.05, 4.69) is 25.5 Å². The van der Waals surface area contributed by atoms with Crippen molar-refractivity contribution in [3.63, 3.8) is 0 Å². The molecular weight excluding hydrogens is 464 g/mol. The summed E-state index contributed by atoms with van der Waals surface area (Å²) >= 11 is 0. The van der Waals surface area contributed by atoms with Crippen LogP contribution < -0.4 is 10.6 Å². The maximum Gasteiger partial charge on any atom is 0.432 e. The summed E-state index contributed by atoms with van der Waals surface area (Å²) in [5, 5.41) is 20.4. The Bertz CT molecular complexity index is 1660. The van der Waals surface area contributed by atoms with E-state index in [0.29, 0.717) is 45.0 Å². The van der Waals surface area contributed by atoms with E-state index in [-0.39, 0.29) is 0 Å². The lowest BCUT2D eigenvalue weighted by molar-refractivity contribution is -0.150. The number of esters is 1. The highest BCUT2D eigenvalue weighted by Crippen LogP contribution is 2.29. The van der Waals surface area contributed by atoms with Gasteiger partial charge in [-0.25, -0.2) is 19.6 Å². The van der Waals surface area contributed by atoms with E-state index < -0.39 is 18.0 Å². The molecule has 0 unspecified atom stereocenters. The number of rotatable bonds is 4. The van der Waals surface area contributed by atoms with Crippen LogP contribution in [0.4, 0.5) is 22.0 Å². The number of carboxylic acid groups (broad SMARTS) is 1. The molecule has 11 nitrogen and oxygen atoms in total. The van der Waals surface area contributed by atoms with Crippen LogP contribution in [-0.4, -0.2) is 49.9 Å². The summed E-state index contributed by atoms with van der Waals surface area (Å²) < 4.78 is 5.35. The Morgan fingerprint density at radius 2 is 1.78 bits per heavy atom. The molecule has 5 rings (SSSR count). The Morgan fingerprint density at radius 3 is 2.58 bits per heavy atom. The van der Waals surface area contributed by atoms with Crippen molar-refractivity contribution in [1.29, 1.82) is 0 Å². The highest BCUT2D eigenvalue weighted by atomic mass is 16.5. The molecule has 0 aliphatic carbocycles. The van der Waals surface area contributed by atoms with Gasteiger partial charge in [0.2, 0.25) is 0 Å². The number of anilines is 3. The minimum atomic E-state index is -1.16. The number of carbonyl (C=O) groups is 3. The van der Waals surface area contributed by atoms with Gasteiger partial charge in [0, 0.05) is 27.7 Å². The van der Waals surface area contributed by atoms with Gasteiger partial charge in [-0.2, -0.15) is 9.78 Å². The van der Waals surface area contributed by atoms with E-state index in [9.17, 15) is 19.5 Å². The molecule has 3 aromatic carbocycles. The van der Waals surface area contributed by atoms with Crippen LogP contribution >= 0.6 is 0 Å². The molecule has 36 heavy (non-hydrogen) atoms. The van der Waals surface area contributed by atoms with Crippen LogP contribution in [0.5, 0.6) is 0 Å². The molecule has 2 aromatic heterocycles. The first-order chi connectivity index (χ1) is 17.4. The number of para-hydroxylation sites is 1. The van der Waals surface area contributed by atoms with Crippen LogP contribution in [-0.2, 0) is 14.3 Å². The number of aromatic nitrogens is 4. The third-order valence-electron chi connectivity index (χ3n) is 5.36. The molecular formula is C25H18N6O5. The summed E-state index contributed by atoms with van der Waals surface area (Å²) in [6, 6.07) is 19.4. The first-order valence-corrected chi connectivity index (χ1v) is 10.7. The molecule has 11 heteroatoms. The summed E-state index contributed by atoms with van der Waals surface area (Å²) in [6.07, 6.45) is 0.314. The van der Waals surface area contributed by atoms with Crippen molar-refractivity contribution in [3.8, 4) is 11.4 Å². The quantitative estimate of drug-likeness (QED) is 0.255. The smallest absolute Gasteiger partial charge is 0.432 e. The fourth-order valence-electron chi connectivity index (χ4n) is 3.71. The molecule has 5 aromatic rings. The number of ether oxygens (including phenoxy) is 1. The third-order valence-corrected chi connectivity index (χ3v) is 5.36. The first kappa shape index (κ1) is 22.5. The number of benzene rings is 3. The molecule has 0 saturated carbocycles. The first-order valence-electron chi connectivity index (χ1n) is 10.7. The van der Waals surface area contributed by atoms with Crippen molar-refractivity contribution in [3.05, 3.63) is 72.9 Å². The third kappa shape index (κ3) is 4.28. The topological polar surface area (TPSA) is 148 Å². The van der Waals surface area contributed by atoms with E-state index in [1.54, 1.807) is 42.5 Å². The SMILES string of the molecule is COC(=O)C(=O)Nc1cccc(-c2nc(Nc3ccc4c(cnn4C(=O)O)c3)c3ccccc3n2)c1. The fourth-order valence-corrected chi connectivity index (χ4v) is 3.71. The van der Waals surface area contributed by atoms with Gasteiger partial charge in [-0.3, -0.25) is 4.79 Å². The van der Waals surface area contributed by atoms with Gasteiger partial charge in [0.25, 0.3) is 0 Å². The van der Waals surface area contributed by atoms with Gasteiger partial charge in [0.15, 0.2) is 5.82 Å². The molecule has 178 valence electrons. The van der Waals surface area contributed by atoms with Crippen LogP contribution in [0.15, 0.2) is 72.9 Å². The second-order valence-electron chi connectivity index (χ2n) is 7.68. The van der Waals surface area contributed by atoms with E-state index in [4.69, 9.17) is 4.98 Å². The monoisotopic (exact) mass is 482 g/mol. The van der Waals surface area contributed by atoms with Gasteiger partial charge < -0.3 is 20.5 Å². The van der Waals surface area contributed by atoms with Crippen molar-refractivity contribution < 1.29 is 24.2 Å². The normalized spacial score (nSPS) is 10.8. The highest BCUT2D eigenvalue weighted by molar-refractivity contribution is 6.37. The lowest BCUT2D eigenvalue weighted by Gasteiger charge is -2.12. The highest BCUT2D eigenvalue weighted by Gasteiger charge is 2.15. The zero-order valence-electron chi connectivity index (χ0n) is 18.8. The van der Waals surface area contributed by atoms with E-state index in [1.165, 1.54) is 6.20 Å². The summed E-state index contributed by atoms with van der Waals surface area (Å²) in [6.45, 7) is 0. The number of hydrogen-bond donors (Lipinski definition) is 3. The Kier molecular flexibility index (Phi) is 5.71. The lowest BCUT2D eigenvalue weighted by Crippen LogP contribution is -2.23. The van der Waals surface area contributed by atoms with Gasteiger partial charge in [-0.05, 0) is 42.5 Å². The van der Waals surface area contributed by atoms with Crippen LogP contribution in [0.1, 0.15) is 0 Å². The Balaban J connectivity index is 1.53. The summed E-state index contributed by atoms with van der Waals surface area (Å²) in [5.41, 5.74) is 2.84. The number of nitrogens with zero attached hydrogens (tertiary/aromatic N) is 4. The van der Waals surface area contributed by atoms with Crippen LogP contribution in [0.2, 0.25) is 0 Å². The number of methoxy groups -OCH3 is 1. The Hall–Kier alpha value is -5.32. The minimum absolute atomic E-state index is 0.384. The number of hydrogen-bond acceptors (Lipinski definition) is 8. The van der Waals surface area contributed by atoms with Crippen molar-refractivity contribution in [2.45, 2.75) is 0 Å². The number of amides is 1. The molecule has 0 aliphatic rings. The molecule has 0 atom stereocenters. The van der Waals surface area contributed by atoms with Crippen LogP contribution in [0.25, 0.3) is 33.2 Å². The Morgan fingerprint density at radius 1 is 0.944 bits per heavy atom. The maximum atomic E-state index is 11.9. The van der Waals surface area contributed by atoms with Crippen molar-refractivity contribution in [1.82, 2.24) is 19.7 Å². The van der Waals surface area contributed by atoms with E-state index in [1.807, 2.05) is 24.3 Å². The lowest BCUT2D eigenvalue weighted by atomic mass is 10.1. The average Bonchev–Trinajstić information content (AvgIpc) is 3.32. The molecule has 0 bridgehead atoms. The summed E-state index contributed by atoms with van der Waals surface area (Å²) in [7, 11) is 1.13. The zero-order chi connectivity index (χ0) is 25.2. The molecule has 2 heterocycles. The largest absolute Gasteiger partial charge is 0.463 e. The molecule has 0 spiro atoms. The Labute approximate surface area is 203 Å². The average molecular weight is 482 g/mol. The van der Waals surface area contributed by atoms with Gasteiger partial charge in [0.1, 0.15) is 5.82 Å². The molecule has 1 amide bonds. The fraction of sp³-hybridized carbons (Fsp3) is 0.0400. The maximum absolute atomic E-state index is 11.9. The molecule has 0 saturated heterocycles.